The van der Waals surface area contributed by atoms with E-state index in [9.17, 15) is 0 Å². The fraction of sp³-hybridized carbons (Fsp3) is 0.385. The molecular formula is C13H15N3O2. The molecule has 0 unspecified atom stereocenters. The van der Waals surface area contributed by atoms with E-state index in [1.807, 2.05) is 12.1 Å². The van der Waals surface area contributed by atoms with Crippen LogP contribution in [-0.4, -0.2) is 30.2 Å². The molecule has 0 saturated carbocycles. The van der Waals surface area contributed by atoms with Crippen molar-refractivity contribution in [2.24, 2.45) is 5.73 Å². The Kier molecular flexibility index (Phi) is 2.76. The molecule has 0 fully saturated rings. The van der Waals surface area contributed by atoms with Crippen molar-refractivity contribution in [1.82, 2.24) is 9.97 Å². The minimum absolute atomic E-state index is 0.301. The van der Waals surface area contributed by atoms with Crippen molar-refractivity contribution in [2.45, 2.75) is 12.3 Å². The molecule has 1 aliphatic heterocycles. The molecule has 0 amide bonds. The van der Waals surface area contributed by atoms with E-state index in [1.165, 1.54) is 0 Å². The van der Waals surface area contributed by atoms with E-state index in [0.29, 0.717) is 24.9 Å². The molecule has 0 radical (unpaired) electrons. The van der Waals surface area contributed by atoms with Gasteiger partial charge in [0.25, 0.3) is 0 Å². The van der Waals surface area contributed by atoms with Crippen LogP contribution in [0.1, 0.15) is 17.9 Å². The standard InChI is InChI=1S/C13H15N3O2/c1-17-11-3-2-9-13(16-11)12-8(4-5-14)7-18-10(12)6-15-9/h2-3,6,8H,4-5,7,14H2,1H3/t8-/m1/s1. The number of ether oxygens (including phenoxy) is 2. The number of methoxy groups -OCH3 is 1. The fourth-order valence-electron chi connectivity index (χ4n) is 2.38. The lowest BCUT2D eigenvalue weighted by molar-refractivity contribution is 0.325. The highest BCUT2D eigenvalue weighted by atomic mass is 16.5. The molecule has 94 valence electrons. The van der Waals surface area contributed by atoms with Crippen LogP contribution in [0, 0.1) is 0 Å². The molecule has 2 aromatic rings. The molecule has 0 spiro atoms. The first-order valence-electron chi connectivity index (χ1n) is 6.00. The lowest BCUT2D eigenvalue weighted by Gasteiger charge is -2.09. The molecule has 0 saturated heterocycles. The Balaban J connectivity index is 2.19. The second kappa shape index (κ2) is 4.42. The molecule has 0 aromatic carbocycles. The number of nitrogens with two attached hydrogens (primary N) is 1. The van der Waals surface area contributed by atoms with Crippen molar-refractivity contribution in [3.8, 4) is 11.6 Å². The fourth-order valence-corrected chi connectivity index (χ4v) is 2.38. The molecule has 2 N–H and O–H groups in total. The number of nitrogens with zero attached hydrogens (tertiary/aromatic N) is 2. The van der Waals surface area contributed by atoms with Gasteiger partial charge in [-0.05, 0) is 19.0 Å². The SMILES string of the molecule is COc1ccc2ncc3c(c2n1)[C@H](CCN)CO3. The van der Waals surface area contributed by atoms with Crippen LogP contribution in [0.5, 0.6) is 11.6 Å². The number of rotatable bonds is 3. The quantitative estimate of drug-likeness (QED) is 0.886. The van der Waals surface area contributed by atoms with Crippen molar-refractivity contribution < 1.29 is 9.47 Å². The smallest absolute Gasteiger partial charge is 0.213 e. The van der Waals surface area contributed by atoms with Crippen molar-refractivity contribution in [2.75, 3.05) is 20.3 Å². The molecule has 2 aromatic heterocycles. The summed E-state index contributed by atoms with van der Waals surface area (Å²) in [4.78, 5) is 8.84. The highest BCUT2D eigenvalue weighted by Gasteiger charge is 2.27. The summed E-state index contributed by atoms with van der Waals surface area (Å²) in [5, 5.41) is 0. The second-order valence-corrected chi connectivity index (χ2v) is 4.34. The van der Waals surface area contributed by atoms with Gasteiger partial charge in [-0.25, -0.2) is 4.98 Å². The lowest BCUT2D eigenvalue weighted by Crippen LogP contribution is -2.09. The zero-order valence-corrected chi connectivity index (χ0v) is 10.2. The molecule has 0 aliphatic carbocycles. The van der Waals surface area contributed by atoms with Crippen LogP contribution in [-0.2, 0) is 0 Å². The molecule has 5 heteroatoms. The maximum Gasteiger partial charge on any atom is 0.213 e. The van der Waals surface area contributed by atoms with Gasteiger partial charge in [0.2, 0.25) is 5.88 Å². The van der Waals surface area contributed by atoms with Crippen LogP contribution in [0.4, 0.5) is 0 Å². The van der Waals surface area contributed by atoms with E-state index in [2.05, 4.69) is 9.97 Å². The third-order valence-electron chi connectivity index (χ3n) is 3.26. The number of pyridine rings is 2. The Labute approximate surface area is 105 Å². The maximum atomic E-state index is 5.65. The minimum Gasteiger partial charge on any atom is -0.491 e. The molecule has 18 heavy (non-hydrogen) atoms. The van der Waals surface area contributed by atoms with E-state index in [1.54, 1.807) is 13.3 Å². The molecule has 3 rings (SSSR count). The van der Waals surface area contributed by atoms with Gasteiger partial charge in [-0.1, -0.05) is 0 Å². The average Bonchev–Trinajstić information content (AvgIpc) is 2.82. The van der Waals surface area contributed by atoms with Crippen LogP contribution < -0.4 is 15.2 Å². The Morgan fingerprint density at radius 2 is 2.39 bits per heavy atom. The van der Waals surface area contributed by atoms with Crippen molar-refractivity contribution in [3.05, 3.63) is 23.9 Å². The predicted octanol–water partition coefficient (Wildman–Crippen LogP) is 1.46. The first-order chi connectivity index (χ1) is 8.83. The number of fused-ring (bicyclic) bond motifs is 3. The number of aromatic nitrogens is 2. The van der Waals surface area contributed by atoms with Crippen LogP contribution in [0.15, 0.2) is 18.3 Å². The Morgan fingerprint density at radius 3 is 3.17 bits per heavy atom. The summed E-state index contributed by atoms with van der Waals surface area (Å²) in [6.45, 7) is 1.30. The zero-order chi connectivity index (χ0) is 12.5. The summed E-state index contributed by atoms with van der Waals surface area (Å²) in [5.41, 5.74) is 8.49. The van der Waals surface area contributed by atoms with E-state index >= 15 is 0 Å². The third kappa shape index (κ3) is 1.67. The second-order valence-electron chi connectivity index (χ2n) is 4.34. The largest absolute Gasteiger partial charge is 0.491 e. The van der Waals surface area contributed by atoms with E-state index < -0.39 is 0 Å². The van der Waals surface area contributed by atoms with E-state index in [4.69, 9.17) is 15.2 Å². The Bertz CT molecular complexity index is 584. The third-order valence-corrected chi connectivity index (χ3v) is 3.26. The summed E-state index contributed by atoms with van der Waals surface area (Å²) in [5.74, 6) is 1.72. The summed E-state index contributed by atoms with van der Waals surface area (Å²) in [6, 6.07) is 3.73. The summed E-state index contributed by atoms with van der Waals surface area (Å²) >= 11 is 0. The van der Waals surface area contributed by atoms with Crippen molar-refractivity contribution in [3.63, 3.8) is 0 Å². The normalized spacial score (nSPS) is 17.6. The number of hydrogen-bond donors (Lipinski definition) is 1. The van der Waals surface area contributed by atoms with Gasteiger partial charge in [0.1, 0.15) is 11.3 Å². The van der Waals surface area contributed by atoms with Crippen LogP contribution in [0.2, 0.25) is 0 Å². The summed E-state index contributed by atoms with van der Waals surface area (Å²) in [6.07, 6.45) is 2.66. The minimum atomic E-state index is 0.301. The van der Waals surface area contributed by atoms with Gasteiger partial charge in [0.15, 0.2) is 0 Å². The van der Waals surface area contributed by atoms with Crippen molar-refractivity contribution >= 4 is 11.0 Å². The highest BCUT2D eigenvalue weighted by molar-refractivity contribution is 5.81. The van der Waals surface area contributed by atoms with Gasteiger partial charge in [0.05, 0.1) is 25.4 Å². The van der Waals surface area contributed by atoms with Gasteiger partial charge in [-0.15, -0.1) is 0 Å². The van der Waals surface area contributed by atoms with Crippen LogP contribution in [0.3, 0.4) is 0 Å². The molecule has 1 atom stereocenters. The van der Waals surface area contributed by atoms with Gasteiger partial charge in [0, 0.05) is 17.5 Å². The van der Waals surface area contributed by atoms with Crippen molar-refractivity contribution in [1.29, 1.82) is 0 Å². The highest BCUT2D eigenvalue weighted by Crippen LogP contribution is 2.39. The topological polar surface area (TPSA) is 70.3 Å². The average molecular weight is 245 g/mol. The Hall–Kier alpha value is -1.88. The van der Waals surface area contributed by atoms with Gasteiger partial charge in [-0.3, -0.25) is 4.98 Å². The number of hydrogen-bond acceptors (Lipinski definition) is 5. The Morgan fingerprint density at radius 1 is 1.50 bits per heavy atom. The zero-order valence-electron chi connectivity index (χ0n) is 10.2. The van der Waals surface area contributed by atoms with E-state index in [0.717, 1.165) is 28.8 Å². The van der Waals surface area contributed by atoms with Gasteiger partial charge < -0.3 is 15.2 Å². The first kappa shape index (κ1) is 11.2. The lowest BCUT2D eigenvalue weighted by atomic mass is 9.97. The summed E-state index contributed by atoms with van der Waals surface area (Å²) in [7, 11) is 1.61. The van der Waals surface area contributed by atoms with Gasteiger partial charge in [-0.2, -0.15) is 0 Å². The van der Waals surface area contributed by atoms with Gasteiger partial charge >= 0.3 is 0 Å². The molecular weight excluding hydrogens is 230 g/mol. The molecule has 5 nitrogen and oxygen atoms in total. The molecule has 1 aliphatic rings. The predicted molar refractivity (Wildman–Crippen MR) is 68.0 cm³/mol. The monoisotopic (exact) mass is 245 g/mol. The molecule has 3 heterocycles. The maximum absolute atomic E-state index is 5.65. The van der Waals surface area contributed by atoms with E-state index in [-0.39, 0.29) is 0 Å². The van der Waals surface area contributed by atoms with Crippen LogP contribution >= 0.6 is 0 Å². The summed E-state index contributed by atoms with van der Waals surface area (Å²) < 4.78 is 10.8. The molecule has 0 bridgehead atoms. The van der Waals surface area contributed by atoms with Crippen LogP contribution in [0.25, 0.3) is 11.0 Å². The first-order valence-corrected chi connectivity index (χ1v) is 6.00.